The lowest BCUT2D eigenvalue weighted by Crippen LogP contribution is -2.57. The molecule has 11 nitrogen and oxygen atoms in total. The summed E-state index contributed by atoms with van der Waals surface area (Å²) in [6.45, 7) is 1.02. The number of aliphatic hydroxyl groups excluding tert-OH is 1. The predicted octanol–water partition coefficient (Wildman–Crippen LogP) is -2.25. The third-order valence-corrected chi connectivity index (χ3v) is 4.74. The first kappa shape index (κ1) is 27.1. The van der Waals surface area contributed by atoms with Crippen LogP contribution in [0.25, 0.3) is 0 Å². The van der Waals surface area contributed by atoms with Crippen molar-refractivity contribution in [3.8, 4) is 0 Å². The highest BCUT2D eigenvalue weighted by Gasteiger charge is 2.28. The van der Waals surface area contributed by atoms with Crippen LogP contribution in [-0.4, -0.2) is 83.2 Å². The highest BCUT2D eigenvalue weighted by molar-refractivity contribution is 7.98. The van der Waals surface area contributed by atoms with Gasteiger partial charge in [-0.1, -0.05) is 6.42 Å². The topological polar surface area (TPSA) is 197 Å². The van der Waals surface area contributed by atoms with E-state index in [2.05, 4.69) is 16.0 Å². The fourth-order valence-electron chi connectivity index (χ4n) is 2.27. The maximum Gasteiger partial charge on any atom is 0.325 e. The van der Waals surface area contributed by atoms with Crippen molar-refractivity contribution in [3.05, 3.63) is 0 Å². The number of carbonyl (C=O) groups is 4. The molecule has 0 fully saturated rings. The number of hydrogen-bond acceptors (Lipinski definition) is 8. The number of hydrogen-bond donors (Lipinski definition) is 7. The number of nitrogens with one attached hydrogen (secondary N) is 3. The summed E-state index contributed by atoms with van der Waals surface area (Å²) in [7, 11) is 0. The molecule has 3 amide bonds. The van der Waals surface area contributed by atoms with Crippen LogP contribution in [-0.2, 0) is 19.2 Å². The molecule has 0 aromatic heterocycles. The van der Waals surface area contributed by atoms with Crippen LogP contribution in [0.15, 0.2) is 0 Å². The molecule has 0 saturated carbocycles. The van der Waals surface area contributed by atoms with Crippen molar-refractivity contribution in [1.29, 1.82) is 0 Å². The summed E-state index contributed by atoms with van der Waals surface area (Å²) in [5.74, 6) is -2.70. The molecule has 0 saturated heterocycles. The quantitative estimate of drug-likeness (QED) is 0.139. The normalized spacial score (nSPS) is 14.9. The van der Waals surface area contributed by atoms with E-state index in [1.807, 2.05) is 6.26 Å². The van der Waals surface area contributed by atoms with Crippen LogP contribution >= 0.6 is 11.8 Å². The summed E-state index contributed by atoms with van der Waals surface area (Å²) in [5.41, 5.74) is 11.3. The molecule has 0 radical (unpaired) electrons. The van der Waals surface area contributed by atoms with E-state index in [9.17, 15) is 24.3 Å². The van der Waals surface area contributed by atoms with Gasteiger partial charge in [-0.3, -0.25) is 19.2 Å². The fraction of sp³-hybridized carbons (Fsp3) is 0.765. The van der Waals surface area contributed by atoms with Crippen molar-refractivity contribution in [2.24, 2.45) is 11.5 Å². The van der Waals surface area contributed by atoms with Gasteiger partial charge in [-0.05, 0) is 44.7 Å². The molecule has 0 heterocycles. The monoisotopic (exact) mass is 435 g/mol. The maximum atomic E-state index is 12.6. The van der Waals surface area contributed by atoms with Crippen LogP contribution in [0.4, 0.5) is 0 Å². The molecule has 0 aliphatic carbocycles. The number of unbranched alkanes of at least 4 members (excludes halogenated alkanes) is 1. The third kappa shape index (κ3) is 11.0. The average Bonchev–Trinajstić information content (AvgIpc) is 2.68. The van der Waals surface area contributed by atoms with Crippen LogP contribution in [0, 0.1) is 0 Å². The standard InChI is InChI=1S/C17H33N5O6S/c1-10(17(27)28)20-16(26)13(9-23)22-15(25)12(6-8-29-2)21-14(24)11(19)5-3-4-7-18/h10-13,23H,3-9,18-19H2,1-2H3,(H,20,26)(H,21,24)(H,22,25)(H,27,28). The highest BCUT2D eigenvalue weighted by Crippen LogP contribution is 2.04. The molecule has 0 spiro atoms. The van der Waals surface area contributed by atoms with Gasteiger partial charge >= 0.3 is 5.97 Å². The zero-order valence-electron chi connectivity index (χ0n) is 16.8. The second-order valence-corrected chi connectivity index (χ2v) is 7.53. The molecule has 168 valence electrons. The van der Waals surface area contributed by atoms with Gasteiger partial charge < -0.3 is 37.6 Å². The van der Waals surface area contributed by atoms with Crippen molar-refractivity contribution in [3.63, 3.8) is 0 Å². The number of carboxylic acids is 1. The minimum Gasteiger partial charge on any atom is -0.480 e. The zero-order chi connectivity index (χ0) is 22.4. The van der Waals surface area contributed by atoms with Crippen molar-refractivity contribution >= 4 is 35.5 Å². The Morgan fingerprint density at radius 1 is 0.966 bits per heavy atom. The van der Waals surface area contributed by atoms with Gasteiger partial charge in [0.25, 0.3) is 0 Å². The highest BCUT2D eigenvalue weighted by atomic mass is 32.2. The second-order valence-electron chi connectivity index (χ2n) is 6.55. The Morgan fingerprint density at radius 3 is 2.07 bits per heavy atom. The first-order chi connectivity index (χ1) is 13.7. The van der Waals surface area contributed by atoms with Gasteiger partial charge in [0.05, 0.1) is 12.6 Å². The molecule has 4 atom stereocenters. The largest absolute Gasteiger partial charge is 0.480 e. The van der Waals surface area contributed by atoms with Crippen LogP contribution in [0.2, 0.25) is 0 Å². The number of carboxylic acid groups (broad SMARTS) is 1. The number of thioether (sulfide) groups is 1. The molecule has 0 aliphatic heterocycles. The van der Waals surface area contributed by atoms with Gasteiger partial charge in [0, 0.05) is 0 Å². The van der Waals surface area contributed by atoms with Crippen LogP contribution in [0.5, 0.6) is 0 Å². The third-order valence-electron chi connectivity index (χ3n) is 4.09. The predicted molar refractivity (Wildman–Crippen MR) is 110 cm³/mol. The summed E-state index contributed by atoms with van der Waals surface area (Å²) < 4.78 is 0. The number of nitrogens with two attached hydrogens (primary N) is 2. The number of rotatable bonds is 15. The molecule has 29 heavy (non-hydrogen) atoms. The van der Waals surface area contributed by atoms with Crippen LogP contribution in [0.3, 0.4) is 0 Å². The van der Waals surface area contributed by atoms with Gasteiger partial charge in [-0.15, -0.1) is 0 Å². The number of aliphatic hydroxyl groups is 1. The smallest absolute Gasteiger partial charge is 0.325 e. The maximum absolute atomic E-state index is 12.6. The van der Waals surface area contributed by atoms with E-state index < -0.39 is 54.5 Å². The van der Waals surface area contributed by atoms with Gasteiger partial charge in [0.15, 0.2) is 0 Å². The Morgan fingerprint density at radius 2 is 1.55 bits per heavy atom. The van der Waals surface area contributed by atoms with Crippen molar-refractivity contribution < 1.29 is 29.4 Å². The Hall–Kier alpha value is -1.89. The van der Waals surface area contributed by atoms with E-state index in [1.165, 1.54) is 18.7 Å². The van der Waals surface area contributed by atoms with E-state index in [4.69, 9.17) is 16.6 Å². The van der Waals surface area contributed by atoms with Crippen molar-refractivity contribution in [2.45, 2.75) is 56.8 Å². The Balaban J connectivity index is 4.96. The van der Waals surface area contributed by atoms with Gasteiger partial charge in [0.2, 0.25) is 17.7 Å². The van der Waals surface area contributed by atoms with E-state index in [0.717, 1.165) is 6.42 Å². The average molecular weight is 436 g/mol. The number of aliphatic carboxylic acids is 1. The summed E-state index contributed by atoms with van der Waals surface area (Å²) in [4.78, 5) is 47.7. The van der Waals surface area contributed by atoms with Gasteiger partial charge in [-0.2, -0.15) is 11.8 Å². The zero-order valence-corrected chi connectivity index (χ0v) is 17.7. The minimum atomic E-state index is -1.35. The summed E-state index contributed by atoms with van der Waals surface area (Å²) >= 11 is 1.47. The molecule has 0 aromatic carbocycles. The molecule has 12 heteroatoms. The first-order valence-electron chi connectivity index (χ1n) is 9.37. The SMILES string of the molecule is CSCCC(NC(=O)C(N)CCCCN)C(=O)NC(CO)C(=O)NC(C)C(=O)O. The molecule has 0 rings (SSSR count). The molecule has 4 unspecified atom stereocenters. The molecule has 0 aromatic rings. The summed E-state index contributed by atoms with van der Waals surface area (Å²) in [6, 6.07) is -4.28. The summed E-state index contributed by atoms with van der Waals surface area (Å²) in [5, 5.41) is 25.3. The molecule has 9 N–H and O–H groups in total. The van der Waals surface area contributed by atoms with Crippen molar-refractivity contribution in [2.75, 3.05) is 25.2 Å². The van der Waals surface area contributed by atoms with E-state index in [1.54, 1.807) is 0 Å². The second kappa shape index (κ2) is 15.0. The molecular weight excluding hydrogens is 402 g/mol. The van der Waals surface area contributed by atoms with Crippen LogP contribution in [0.1, 0.15) is 32.6 Å². The van der Waals surface area contributed by atoms with Gasteiger partial charge in [-0.25, -0.2) is 0 Å². The minimum absolute atomic E-state index is 0.291. The van der Waals surface area contributed by atoms with E-state index in [-0.39, 0.29) is 0 Å². The van der Waals surface area contributed by atoms with Gasteiger partial charge in [0.1, 0.15) is 18.1 Å². The Bertz CT molecular complexity index is 550. The molecular formula is C17H33N5O6S. The van der Waals surface area contributed by atoms with Crippen molar-refractivity contribution in [1.82, 2.24) is 16.0 Å². The number of carbonyl (C=O) groups excluding carboxylic acids is 3. The van der Waals surface area contributed by atoms with Crippen LogP contribution < -0.4 is 27.4 Å². The lowest BCUT2D eigenvalue weighted by atomic mass is 10.1. The first-order valence-corrected chi connectivity index (χ1v) is 10.8. The summed E-state index contributed by atoms with van der Waals surface area (Å²) in [6.07, 6.45) is 3.97. The fourth-order valence-corrected chi connectivity index (χ4v) is 2.74. The number of amides is 3. The lowest BCUT2D eigenvalue weighted by Gasteiger charge is -2.23. The van der Waals surface area contributed by atoms with E-state index >= 15 is 0 Å². The Labute approximate surface area is 174 Å². The molecule has 0 aliphatic rings. The lowest BCUT2D eigenvalue weighted by molar-refractivity contribution is -0.142. The van der Waals surface area contributed by atoms with E-state index in [0.29, 0.717) is 31.6 Å². The molecule has 0 bridgehead atoms. The Kier molecular flexibility index (Phi) is 14.0.